The third-order valence-electron chi connectivity index (χ3n) is 3.47. The lowest BCUT2D eigenvalue weighted by atomic mass is 10.0. The fraction of sp³-hybridized carbons (Fsp3) is 0.533. The van der Waals surface area contributed by atoms with Crippen molar-refractivity contribution in [2.24, 2.45) is 5.92 Å². The Kier molecular flexibility index (Phi) is 3.98. The van der Waals surface area contributed by atoms with E-state index < -0.39 is 0 Å². The summed E-state index contributed by atoms with van der Waals surface area (Å²) >= 11 is 0. The highest BCUT2D eigenvalue weighted by Gasteiger charge is 2.20. The average molecular weight is 263 g/mol. The number of ether oxygens (including phenoxy) is 2. The lowest BCUT2D eigenvalue weighted by Gasteiger charge is -2.26. The third kappa shape index (κ3) is 3.00. The fourth-order valence-corrected chi connectivity index (χ4v) is 2.17. The van der Waals surface area contributed by atoms with Crippen molar-refractivity contribution in [2.45, 2.75) is 33.2 Å². The molecule has 1 aromatic carbocycles. The number of carbonyl (C=O) groups excluding carboxylic acids is 1. The molecule has 2 rings (SSSR count). The molecule has 0 aliphatic carbocycles. The maximum absolute atomic E-state index is 11.9. The first-order valence-corrected chi connectivity index (χ1v) is 6.64. The Morgan fingerprint density at radius 1 is 1.26 bits per heavy atom. The zero-order chi connectivity index (χ0) is 14.0. The molecule has 0 aromatic heterocycles. The summed E-state index contributed by atoms with van der Waals surface area (Å²) in [4.78, 5) is 13.8. The van der Waals surface area contributed by atoms with Crippen molar-refractivity contribution in [1.29, 1.82) is 0 Å². The van der Waals surface area contributed by atoms with Gasteiger partial charge in [-0.1, -0.05) is 19.9 Å². The van der Waals surface area contributed by atoms with Crippen LogP contribution in [0.1, 0.15) is 26.3 Å². The fourth-order valence-electron chi connectivity index (χ4n) is 2.17. The van der Waals surface area contributed by atoms with Crippen molar-refractivity contribution in [3.05, 3.63) is 23.8 Å². The summed E-state index contributed by atoms with van der Waals surface area (Å²) in [6.07, 6.45) is 0.811. The Hall–Kier alpha value is -1.71. The minimum absolute atomic E-state index is 0.0317. The van der Waals surface area contributed by atoms with Crippen LogP contribution in [-0.4, -0.2) is 30.7 Å². The van der Waals surface area contributed by atoms with E-state index in [1.165, 1.54) is 0 Å². The van der Waals surface area contributed by atoms with Gasteiger partial charge in [-0.25, -0.2) is 0 Å². The number of amides is 1. The Bertz CT molecular complexity index is 470. The largest absolute Gasteiger partial charge is 0.454 e. The van der Waals surface area contributed by atoms with Crippen LogP contribution in [-0.2, 0) is 11.2 Å². The van der Waals surface area contributed by atoms with E-state index in [2.05, 4.69) is 6.92 Å². The van der Waals surface area contributed by atoms with Gasteiger partial charge in [0.1, 0.15) is 0 Å². The molecular formula is C15H21NO3. The molecule has 4 nitrogen and oxygen atoms in total. The number of hydrogen-bond acceptors (Lipinski definition) is 3. The smallest absolute Gasteiger partial charge is 0.231 e. The van der Waals surface area contributed by atoms with Crippen LogP contribution in [0.2, 0.25) is 0 Å². The standard InChI is InChI=1S/C15H21NO3/c1-10(2)15(17)16(4)11(3)7-12-5-6-13-14(8-12)19-9-18-13/h5-6,8,10-11H,7,9H2,1-4H3. The van der Waals surface area contributed by atoms with E-state index in [1.54, 1.807) is 0 Å². The van der Waals surface area contributed by atoms with E-state index in [1.807, 2.05) is 44.0 Å². The van der Waals surface area contributed by atoms with Crippen LogP contribution in [0.3, 0.4) is 0 Å². The molecule has 0 saturated heterocycles. The Morgan fingerprint density at radius 3 is 2.63 bits per heavy atom. The Balaban J connectivity index is 2.02. The molecule has 1 unspecified atom stereocenters. The van der Waals surface area contributed by atoms with Gasteiger partial charge in [0.2, 0.25) is 12.7 Å². The van der Waals surface area contributed by atoms with Gasteiger partial charge in [-0.15, -0.1) is 0 Å². The Labute approximate surface area is 114 Å². The van der Waals surface area contributed by atoms with Crippen molar-refractivity contribution < 1.29 is 14.3 Å². The monoisotopic (exact) mass is 263 g/mol. The molecule has 1 atom stereocenters. The van der Waals surface area contributed by atoms with Crippen molar-refractivity contribution >= 4 is 5.91 Å². The predicted octanol–water partition coefficient (Wildman–Crippen LogP) is 2.46. The van der Waals surface area contributed by atoms with Crippen molar-refractivity contribution in [1.82, 2.24) is 4.90 Å². The van der Waals surface area contributed by atoms with Crippen LogP contribution in [0.15, 0.2) is 18.2 Å². The zero-order valence-electron chi connectivity index (χ0n) is 12.0. The quantitative estimate of drug-likeness (QED) is 0.837. The Morgan fingerprint density at radius 2 is 1.95 bits per heavy atom. The summed E-state index contributed by atoms with van der Waals surface area (Å²) in [5.41, 5.74) is 1.15. The molecule has 1 aliphatic heterocycles. The molecule has 104 valence electrons. The molecular weight excluding hydrogens is 242 g/mol. The van der Waals surface area contributed by atoms with Gasteiger partial charge in [0.05, 0.1) is 0 Å². The number of likely N-dealkylation sites (N-methyl/N-ethyl adjacent to an activating group) is 1. The summed E-state index contributed by atoms with van der Waals surface area (Å²) in [6, 6.07) is 6.11. The van der Waals surface area contributed by atoms with Gasteiger partial charge in [-0.3, -0.25) is 4.79 Å². The van der Waals surface area contributed by atoms with Crippen LogP contribution in [0, 0.1) is 5.92 Å². The van der Waals surface area contributed by atoms with Crippen molar-refractivity contribution in [3.8, 4) is 11.5 Å². The first-order valence-electron chi connectivity index (χ1n) is 6.64. The molecule has 0 fully saturated rings. The minimum atomic E-state index is 0.0317. The molecule has 0 bridgehead atoms. The SMILES string of the molecule is CC(C)C(=O)N(C)C(C)Cc1ccc2c(c1)OCO2. The number of fused-ring (bicyclic) bond motifs is 1. The van der Waals surface area contributed by atoms with Crippen LogP contribution in [0.5, 0.6) is 11.5 Å². The molecule has 1 amide bonds. The predicted molar refractivity (Wildman–Crippen MR) is 73.3 cm³/mol. The topological polar surface area (TPSA) is 38.8 Å². The molecule has 0 N–H and O–H groups in total. The lowest BCUT2D eigenvalue weighted by molar-refractivity contribution is -0.134. The normalized spacial score (nSPS) is 14.6. The van der Waals surface area contributed by atoms with Crippen LogP contribution in [0.25, 0.3) is 0 Å². The molecule has 1 aromatic rings. The maximum atomic E-state index is 11.9. The van der Waals surface area contributed by atoms with Crippen molar-refractivity contribution in [2.75, 3.05) is 13.8 Å². The first-order chi connectivity index (χ1) is 8.99. The minimum Gasteiger partial charge on any atom is -0.454 e. The summed E-state index contributed by atoms with van der Waals surface area (Å²) in [5, 5.41) is 0. The van der Waals surface area contributed by atoms with E-state index in [0.717, 1.165) is 23.5 Å². The zero-order valence-corrected chi connectivity index (χ0v) is 12.0. The number of carbonyl (C=O) groups is 1. The molecule has 19 heavy (non-hydrogen) atoms. The number of rotatable bonds is 4. The first kappa shape index (κ1) is 13.7. The van der Waals surface area contributed by atoms with Crippen LogP contribution < -0.4 is 9.47 Å². The summed E-state index contributed by atoms with van der Waals surface area (Å²) in [7, 11) is 1.86. The molecule has 1 aliphatic rings. The van der Waals surface area contributed by atoms with Gasteiger partial charge in [0, 0.05) is 19.0 Å². The van der Waals surface area contributed by atoms with E-state index in [9.17, 15) is 4.79 Å². The van der Waals surface area contributed by atoms with Crippen molar-refractivity contribution in [3.63, 3.8) is 0 Å². The van der Waals surface area contributed by atoms with Crippen LogP contribution in [0.4, 0.5) is 0 Å². The summed E-state index contributed by atoms with van der Waals surface area (Å²) < 4.78 is 10.7. The molecule has 1 heterocycles. The van der Waals surface area contributed by atoms with Gasteiger partial charge >= 0.3 is 0 Å². The number of hydrogen-bond donors (Lipinski definition) is 0. The second-order valence-electron chi connectivity index (χ2n) is 5.34. The van der Waals surface area contributed by atoms with E-state index >= 15 is 0 Å². The van der Waals surface area contributed by atoms with Crippen LogP contribution >= 0.6 is 0 Å². The maximum Gasteiger partial charge on any atom is 0.231 e. The van der Waals surface area contributed by atoms with E-state index in [-0.39, 0.29) is 17.9 Å². The summed E-state index contributed by atoms with van der Waals surface area (Å²) in [5.74, 6) is 1.79. The van der Waals surface area contributed by atoms with Gasteiger partial charge in [0.15, 0.2) is 11.5 Å². The highest BCUT2D eigenvalue weighted by atomic mass is 16.7. The van der Waals surface area contributed by atoms with Gasteiger partial charge in [0.25, 0.3) is 0 Å². The molecule has 4 heteroatoms. The average Bonchev–Trinajstić information content (AvgIpc) is 2.84. The highest BCUT2D eigenvalue weighted by molar-refractivity contribution is 5.78. The molecule has 0 spiro atoms. The second kappa shape index (κ2) is 5.51. The summed E-state index contributed by atoms with van der Waals surface area (Å²) in [6.45, 7) is 6.20. The molecule has 0 radical (unpaired) electrons. The highest BCUT2D eigenvalue weighted by Crippen LogP contribution is 2.32. The second-order valence-corrected chi connectivity index (χ2v) is 5.34. The van der Waals surface area contributed by atoms with Gasteiger partial charge in [-0.05, 0) is 31.0 Å². The lowest BCUT2D eigenvalue weighted by Crippen LogP contribution is -2.38. The van der Waals surface area contributed by atoms with E-state index in [4.69, 9.17) is 9.47 Å². The third-order valence-corrected chi connectivity index (χ3v) is 3.47. The number of benzene rings is 1. The van der Waals surface area contributed by atoms with Gasteiger partial charge in [-0.2, -0.15) is 0 Å². The number of nitrogens with zero attached hydrogens (tertiary/aromatic N) is 1. The van der Waals surface area contributed by atoms with E-state index in [0.29, 0.717) is 6.79 Å². The van der Waals surface area contributed by atoms with Gasteiger partial charge < -0.3 is 14.4 Å². The molecule has 0 saturated carbocycles.